The summed E-state index contributed by atoms with van der Waals surface area (Å²) in [6, 6.07) is 5.28. The molecule has 26 heavy (non-hydrogen) atoms. The third-order valence-electron chi connectivity index (χ3n) is 3.60. The van der Waals surface area contributed by atoms with Gasteiger partial charge in [0, 0.05) is 30.8 Å². The average Bonchev–Trinajstić information content (AvgIpc) is 2.62. The van der Waals surface area contributed by atoms with Gasteiger partial charge >= 0.3 is 11.9 Å². The van der Waals surface area contributed by atoms with Gasteiger partial charge in [-0.1, -0.05) is 18.7 Å². The van der Waals surface area contributed by atoms with E-state index in [-0.39, 0.29) is 13.0 Å². The van der Waals surface area contributed by atoms with Gasteiger partial charge in [-0.25, -0.2) is 9.59 Å². The summed E-state index contributed by atoms with van der Waals surface area (Å²) in [6.45, 7) is 16.7. The molecule has 0 unspecified atom stereocenters. The SMILES string of the molecule is C=CCN(CC=C)c1ccc(C(=O)OCC)cc1CC(=C)C(=O)OCC. The van der Waals surface area contributed by atoms with Gasteiger partial charge in [-0.2, -0.15) is 0 Å². The van der Waals surface area contributed by atoms with Gasteiger partial charge in [-0.05, 0) is 37.6 Å². The molecule has 1 aromatic carbocycles. The predicted molar refractivity (Wildman–Crippen MR) is 104 cm³/mol. The summed E-state index contributed by atoms with van der Waals surface area (Å²) in [4.78, 5) is 26.1. The second-order valence-electron chi connectivity index (χ2n) is 5.55. The first-order valence-electron chi connectivity index (χ1n) is 8.60. The van der Waals surface area contributed by atoms with Gasteiger partial charge < -0.3 is 14.4 Å². The van der Waals surface area contributed by atoms with E-state index >= 15 is 0 Å². The molecule has 5 nitrogen and oxygen atoms in total. The summed E-state index contributed by atoms with van der Waals surface area (Å²) in [6.07, 6.45) is 3.84. The predicted octanol–water partition coefficient (Wildman–Crippen LogP) is 3.70. The Labute approximate surface area is 155 Å². The normalized spacial score (nSPS) is 9.92. The maximum Gasteiger partial charge on any atom is 0.338 e. The van der Waals surface area contributed by atoms with Crippen molar-refractivity contribution < 1.29 is 19.1 Å². The summed E-state index contributed by atoms with van der Waals surface area (Å²) in [5.74, 6) is -0.847. The lowest BCUT2D eigenvalue weighted by Crippen LogP contribution is -2.25. The van der Waals surface area contributed by atoms with E-state index in [4.69, 9.17) is 9.47 Å². The van der Waals surface area contributed by atoms with Crippen LogP contribution in [0.4, 0.5) is 5.69 Å². The summed E-state index contributed by atoms with van der Waals surface area (Å²) in [7, 11) is 0. The highest BCUT2D eigenvalue weighted by molar-refractivity contribution is 5.91. The molecule has 0 aliphatic heterocycles. The van der Waals surface area contributed by atoms with Crippen molar-refractivity contribution in [3.8, 4) is 0 Å². The first kappa shape index (κ1) is 21.2. The maximum atomic E-state index is 12.1. The fourth-order valence-corrected chi connectivity index (χ4v) is 2.50. The van der Waals surface area contributed by atoms with Gasteiger partial charge in [0.25, 0.3) is 0 Å². The Balaban J connectivity index is 3.27. The van der Waals surface area contributed by atoms with Gasteiger partial charge in [-0.15, -0.1) is 13.2 Å². The van der Waals surface area contributed by atoms with Crippen LogP contribution in [-0.2, 0) is 20.7 Å². The molecule has 0 fully saturated rings. The number of esters is 2. The zero-order valence-electron chi connectivity index (χ0n) is 15.6. The Morgan fingerprint density at radius 2 is 1.69 bits per heavy atom. The summed E-state index contributed by atoms with van der Waals surface area (Å²) in [5, 5.41) is 0. The Hall–Kier alpha value is -2.82. The van der Waals surface area contributed by atoms with Crippen LogP contribution in [0, 0.1) is 0 Å². The minimum atomic E-state index is -0.445. The molecule has 0 aliphatic carbocycles. The molecule has 1 rings (SSSR count). The van der Waals surface area contributed by atoms with E-state index in [1.165, 1.54) is 0 Å². The van der Waals surface area contributed by atoms with E-state index in [0.717, 1.165) is 11.3 Å². The number of benzene rings is 1. The number of nitrogens with zero attached hydrogens (tertiary/aromatic N) is 1. The van der Waals surface area contributed by atoms with Crippen LogP contribution < -0.4 is 4.90 Å². The van der Waals surface area contributed by atoms with E-state index in [1.807, 2.05) is 11.0 Å². The molecular weight excluding hydrogens is 330 g/mol. The van der Waals surface area contributed by atoms with Crippen LogP contribution in [0.1, 0.15) is 29.8 Å². The van der Waals surface area contributed by atoms with Crippen molar-refractivity contribution in [1.29, 1.82) is 0 Å². The largest absolute Gasteiger partial charge is 0.463 e. The van der Waals surface area contributed by atoms with Gasteiger partial charge in [0.05, 0.1) is 18.8 Å². The van der Waals surface area contributed by atoms with E-state index in [9.17, 15) is 9.59 Å². The molecule has 0 aromatic heterocycles. The number of hydrogen-bond acceptors (Lipinski definition) is 5. The molecule has 0 atom stereocenters. The molecule has 0 saturated carbocycles. The van der Waals surface area contributed by atoms with Crippen LogP contribution in [0.25, 0.3) is 0 Å². The van der Waals surface area contributed by atoms with Crippen molar-refractivity contribution in [1.82, 2.24) is 0 Å². The second-order valence-corrected chi connectivity index (χ2v) is 5.55. The maximum absolute atomic E-state index is 12.1. The Morgan fingerprint density at radius 3 is 2.23 bits per heavy atom. The van der Waals surface area contributed by atoms with Crippen molar-refractivity contribution in [2.45, 2.75) is 20.3 Å². The second kappa shape index (κ2) is 10.9. The first-order chi connectivity index (χ1) is 12.5. The number of anilines is 1. The Kier molecular flexibility index (Phi) is 8.92. The zero-order chi connectivity index (χ0) is 19.5. The minimum absolute atomic E-state index is 0.270. The molecular formula is C21H27NO4. The van der Waals surface area contributed by atoms with Crippen LogP contribution in [0.3, 0.4) is 0 Å². The van der Waals surface area contributed by atoms with Crippen LogP contribution in [0.2, 0.25) is 0 Å². The van der Waals surface area contributed by atoms with Gasteiger partial charge in [0.1, 0.15) is 0 Å². The lowest BCUT2D eigenvalue weighted by molar-refractivity contribution is -0.138. The number of hydrogen-bond donors (Lipinski definition) is 0. The van der Waals surface area contributed by atoms with Crippen LogP contribution in [0.15, 0.2) is 55.7 Å². The van der Waals surface area contributed by atoms with Crippen molar-refractivity contribution in [3.63, 3.8) is 0 Å². The smallest absolute Gasteiger partial charge is 0.338 e. The topological polar surface area (TPSA) is 55.8 Å². The van der Waals surface area contributed by atoms with Gasteiger partial charge in [-0.3, -0.25) is 0 Å². The highest BCUT2D eigenvalue weighted by Gasteiger charge is 2.17. The molecule has 0 N–H and O–H groups in total. The summed E-state index contributed by atoms with van der Waals surface area (Å²) >= 11 is 0. The monoisotopic (exact) mass is 357 g/mol. The highest BCUT2D eigenvalue weighted by Crippen LogP contribution is 2.25. The Bertz CT molecular complexity index is 669. The fourth-order valence-electron chi connectivity index (χ4n) is 2.50. The zero-order valence-corrected chi connectivity index (χ0v) is 15.6. The lowest BCUT2D eigenvalue weighted by atomic mass is 10.0. The van der Waals surface area contributed by atoms with Gasteiger partial charge in [0.15, 0.2) is 0 Å². The first-order valence-corrected chi connectivity index (χ1v) is 8.60. The van der Waals surface area contributed by atoms with E-state index in [2.05, 4.69) is 19.7 Å². The van der Waals surface area contributed by atoms with E-state index in [0.29, 0.717) is 30.8 Å². The third-order valence-corrected chi connectivity index (χ3v) is 3.60. The van der Waals surface area contributed by atoms with Crippen LogP contribution in [0.5, 0.6) is 0 Å². The van der Waals surface area contributed by atoms with E-state index < -0.39 is 11.9 Å². The third kappa shape index (κ3) is 5.92. The molecule has 0 radical (unpaired) electrons. The molecule has 0 saturated heterocycles. The Morgan fingerprint density at radius 1 is 1.08 bits per heavy atom. The van der Waals surface area contributed by atoms with Crippen molar-refractivity contribution in [3.05, 3.63) is 66.8 Å². The molecule has 140 valence electrons. The average molecular weight is 357 g/mol. The van der Waals surface area contributed by atoms with Crippen LogP contribution >= 0.6 is 0 Å². The molecule has 0 spiro atoms. The number of carbonyl (C=O) groups excluding carboxylic acids is 2. The molecule has 5 heteroatoms. The minimum Gasteiger partial charge on any atom is -0.463 e. The van der Waals surface area contributed by atoms with Crippen LogP contribution in [-0.4, -0.2) is 38.2 Å². The van der Waals surface area contributed by atoms with Gasteiger partial charge in [0.2, 0.25) is 0 Å². The quantitative estimate of drug-likeness (QED) is 0.343. The lowest BCUT2D eigenvalue weighted by Gasteiger charge is -2.25. The molecule has 0 amide bonds. The van der Waals surface area contributed by atoms with Crippen molar-refractivity contribution in [2.75, 3.05) is 31.2 Å². The number of carbonyl (C=O) groups is 2. The summed E-state index contributed by atoms with van der Waals surface area (Å²) in [5.41, 5.74) is 2.42. The molecule has 0 aliphatic rings. The standard InChI is InChI=1S/C21H27NO4/c1-6-12-22(13-7-2)19-11-10-17(21(24)26-9-4)15-18(19)14-16(5)20(23)25-8-3/h6-7,10-11,15H,1-2,5,8-9,12-14H2,3-4H3. The summed E-state index contributed by atoms with van der Waals surface area (Å²) < 4.78 is 10.1. The van der Waals surface area contributed by atoms with Crippen molar-refractivity contribution in [2.24, 2.45) is 0 Å². The van der Waals surface area contributed by atoms with Crippen molar-refractivity contribution >= 4 is 17.6 Å². The molecule has 0 heterocycles. The molecule has 1 aromatic rings. The fraction of sp³-hybridized carbons (Fsp3) is 0.333. The molecule has 0 bridgehead atoms. The number of rotatable bonds is 11. The highest BCUT2D eigenvalue weighted by atomic mass is 16.5. The number of ether oxygens (including phenoxy) is 2. The van der Waals surface area contributed by atoms with E-state index in [1.54, 1.807) is 38.1 Å².